The summed E-state index contributed by atoms with van der Waals surface area (Å²) in [5, 5.41) is 3.10. The van der Waals surface area contributed by atoms with E-state index in [4.69, 9.17) is 5.73 Å². The van der Waals surface area contributed by atoms with Crippen LogP contribution in [0.4, 0.5) is 18.9 Å². The highest BCUT2D eigenvalue weighted by Gasteiger charge is 2.35. The Labute approximate surface area is 115 Å². The van der Waals surface area contributed by atoms with E-state index in [-0.39, 0.29) is 16.6 Å². The lowest BCUT2D eigenvalue weighted by molar-refractivity contribution is -0.137. The van der Waals surface area contributed by atoms with Crippen molar-refractivity contribution in [3.8, 4) is 0 Å². The number of halogens is 3. The predicted octanol–water partition coefficient (Wildman–Crippen LogP) is 3.55. The topological polar surface area (TPSA) is 38.0 Å². The molecule has 0 heterocycles. The first-order valence-corrected chi connectivity index (χ1v) is 6.47. The van der Waals surface area contributed by atoms with Crippen LogP contribution in [0.15, 0.2) is 18.2 Å². The molecule has 1 aromatic rings. The molecule has 0 spiro atoms. The van der Waals surface area contributed by atoms with Gasteiger partial charge in [0.05, 0.1) is 5.56 Å². The van der Waals surface area contributed by atoms with E-state index >= 15 is 0 Å². The molecular weight excluding hydrogens is 273 g/mol. The second-order valence-electron chi connectivity index (χ2n) is 4.89. The van der Waals surface area contributed by atoms with Crippen LogP contribution >= 0.6 is 12.2 Å². The highest BCUT2D eigenvalue weighted by atomic mass is 32.1. The Balaban J connectivity index is 2.29. The zero-order valence-electron chi connectivity index (χ0n) is 10.4. The number of rotatable bonds is 4. The molecule has 0 bridgehead atoms. The lowest BCUT2D eigenvalue weighted by Gasteiger charge is -2.18. The average Bonchev–Trinajstić information content (AvgIpc) is 3.11. The van der Waals surface area contributed by atoms with E-state index in [2.05, 4.69) is 17.5 Å². The molecule has 1 unspecified atom stereocenters. The molecule has 1 saturated carbocycles. The molecule has 2 rings (SSSR count). The first kappa shape index (κ1) is 14.1. The number of benzene rings is 1. The second kappa shape index (κ2) is 5.00. The predicted molar refractivity (Wildman–Crippen MR) is 73.1 cm³/mol. The molecule has 0 amide bonds. The van der Waals surface area contributed by atoms with Crippen LogP contribution in [-0.4, -0.2) is 11.0 Å². The summed E-state index contributed by atoms with van der Waals surface area (Å²) in [5.74, 6) is 0.560. The van der Waals surface area contributed by atoms with Crippen molar-refractivity contribution in [2.45, 2.75) is 32.0 Å². The summed E-state index contributed by atoms with van der Waals surface area (Å²) in [4.78, 5) is -0.242. The molecular formula is C13H15F3N2S. The van der Waals surface area contributed by atoms with Crippen LogP contribution in [0.5, 0.6) is 0 Å². The fraction of sp³-hybridized carbons (Fsp3) is 0.462. The number of anilines is 1. The van der Waals surface area contributed by atoms with Gasteiger partial charge in [-0.3, -0.25) is 0 Å². The van der Waals surface area contributed by atoms with Crippen molar-refractivity contribution in [2.24, 2.45) is 11.7 Å². The molecule has 19 heavy (non-hydrogen) atoms. The zero-order chi connectivity index (χ0) is 14.2. The Hall–Kier alpha value is -1.30. The van der Waals surface area contributed by atoms with Gasteiger partial charge in [0.15, 0.2) is 0 Å². The van der Waals surface area contributed by atoms with Gasteiger partial charge in [0.2, 0.25) is 0 Å². The van der Waals surface area contributed by atoms with E-state index in [1.165, 1.54) is 6.07 Å². The Kier molecular flexibility index (Phi) is 3.71. The van der Waals surface area contributed by atoms with Gasteiger partial charge in [0.1, 0.15) is 4.99 Å². The molecule has 6 heteroatoms. The minimum atomic E-state index is -4.46. The molecule has 0 aromatic heterocycles. The van der Waals surface area contributed by atoms with Crippen LogP contribution < -0.4 is 11.1 Å². The SMILES string of the molecule is CC(Nc1ccc(C(N)=S)c(C(F)(F)F)c1)C1CC1. The monoisotopic (exact) mass is 288 g/mol. The third kappa shape index (κ3) is 3.37. The summed E-state index contributed by atoms with van der Waals surface area (Å²) >= 11 is 4.66. The minimum absolute atomic E-state index is 0.132. The maximum absolute atomic E-state index is 13.0. The number of nitrogens with one attached hydrogen (secondary N) is 1. The fourth-order valence-electron chi connectivity index (χ4n) is 2.06. The van der Waals surface area contributed by atoms with Crippen molar-refractivity contribution in [1.82, 2.24) is 0 Å². The van der Waals surface area contributed by atoms with E-state index < -0.39 is 11.7 Å². The standard InChI is InChI=1S/C13H15F3N2S/c1-7(8-2-3-8)18-9-4-5-10(12(17)19)11(6-9)13(14,15)16/h4-8,18H,2-3H2,1H3,(H2,17,19). The van der Waals surface area contributed by atoms with Crippen molar-refractivity contribution in [3.05, 3.63) is 29.3 Å². The number of thiocarbonyl (C=S) groups is 1. The van der Waals surface area contributed by atoms with Crippen molar-refractivity contribution in [1.29, 1.82) is 0 Å². The van der Waals surface area contributed by atoms with Crippen molar-refractivity contribution >= 4 is 22.9 Å². The Bertz CT molecular complexity index is 495. The average molecular weight is 288 g/mol. The lowest BCUT2D eigenvalue weighted by atomic mass is 10.1. The van der Waals surface area contributed by atoms with Gasteiger partial charge >= 0.3 is 6.18 Å². The molecule has 0 saturated heterocycles. The summed E-state index contributed by atoms with van der Waals surface area (Å²) in [6, 6.07) is 4.17. The smallest absolute Gasteiger partial charge is 0.389 e. The molecule has 3 N–H and O–H groups in total. The first-order valence-electron chi connectivity index (χ1n) is 6.06. The van der Waals surface area contributed by atoms with Gasteiger partial charge in [-0.2, -0.15) is 13.2 Å². The number of hydrogen-bond donors (Lipinski definition) is 2. The van der Waals surface area contributed by atoms with Crippen molar-refractivity contribution < 1.29 is 13.2 Å². The van der Waals surface area contributed by atoms with E-state index in [1.807, 2.05) is 6.92 Å². The van der Waals surface area contributed by atoms with Crippen LogP contribution in [0.3, 0.4) is 0 Å². The van der Waals surface area contributed by atoms with Gasteiger partial charge < -0.3 is 11.1 Å². The van der Waals surface area contributed by atoms with E-state index in [0.717, 1.165) is 18.9 Å². The Morgan fingerprint density at radius 1 is 1.42 bits per heavy atom. The van der Waals surface area contributed by atoms with Crippen molar-refractivity contribution in [2.75, 3.05) is 5.32 Å². The van der Waals surface area contributed by atoms with E-state index in [0.29, 0.717) is 11.6 Å². The molecule has 2 nitrogen and oxygen atoms in total. The third-order valence-corrected chi connectivity index (χ3v) is 3.53. The summed E-state index contributed by atoms with van der Waals surface area (Å²) in [6.45, 7) is 1.98. The number of alkyl halides is 3. The fourth-order valence-corrected chi connectivity index (χ4v) is 2.24. The Morgan fingerprint density at radius 3 is 2.53 bits per heavy atom. The molecule has 1 atom stereocenters. The quantitative estimate of drug-likeness (QED) is 0.832. The van der Waals surface area contributed by atoms with Crippen LogP contribution in [0.1, 0.15) is 30.9 Å². The van der Waals surface area contributed by atoms with Crippen LogP contribution in [0.2, 0.25) is 0 Å². The summed E-state index contributed by atoms with van der Waals surface area (Å²) in [5.41, 5.74) is 4.87. The molecule has 1 aliphatic rings. The van der Waals surface area contributed by atoms with Crippen LogP contribution in [-0.2, 0) is 6.18 Å². The molecule has 0 radical (unpaired) electrons. The largest absolute Gasteiger partial charge is 0.417 e. The minimum Gasteiger partial charge on any atom is -0.389 e. The highest BCUT2D eigenvalue weighted by Crippen LogP contribution is 2.36. The second-order valence-corrected chi connectivity index (χ2v) is 5.33. The highest BCUT2D eigenvalue weighted by molar-refractivity contribution is 7.80. The Morgan fingerprint density at radius 2 is 2.05 bits per heavy atom. The third-order valence-electron chi connectivity index (χ3n) is 3.31. The van der Waals surface area contributed by atoms with Gasteiger partial charge in [-0.15, -0.1) is 0 Å². The van der Waals surface area contributed by atoms with Gasteiger partial charge in [-0.25, -0.2) is 0 Å². The molecule has 1 aliphatic carbocycles. The lowest BCUT2D eigenvalue weighted by Crippen LogP contribution is -2.20. The molecule has 1 aromatic carbocycles. The maximum atomic E-state index is 13.0. The maximum Gasteiger partial charge on any atom is 0.417 e. The molecule has 0 aliphatic heterocycles. The summed E-state index contributed by atoms with van der Waals surface area (Å²) in [6.07, 6.45) is -2.20. The van der Waals surface area contributed by atoms with Crippen molar-refractivity contribution in [3.63, 3.8) is 0 Å². The normalized spacial score (nSPS) is 17.1. The summed E-state index contributed by atoms with van der Waals surface area (Å²) in [7, 11) is 0. The number of hydrogen-bond acceptors (Lipinski definition) is 2. The van der Waals surface area contributed by atoms with Crippen LogP contribution in [0.25, 0.3) is 0 Å². The van der Waals surface area contributed by atoms with Crippen LogP contribution in [0, 0.1) is 5.92 Å². The summed E-state index contributed by atoms with van der Waals surface area (Å²) < 4.78 is 38.9. The van der Waals surface area contributed by atoms with Gasteiger partial charge in [-0.1, -0.05) is 12.2 Å². The molecule has 1 fully saturated rings. The van der Waals surface area contributed by atoms with Gasteiger partial charge in [-0.05, 0) is 43.9 Å². The number of nitrogens with two attached hydrogens (primary N) is 1. The molecule has 104 valence electrons. The van der Waals surface area contributed by atoms with E-state index in [9.17, 15) is 13.2 Å². The van der Waals surface area contributed by atoms with Gasteiger partial charge in [0.25, 0.3) is 0 Å². The zero-order valence-corrected chi connectivity index (χ0v) is 11.2. The van der Waals surface area contributed by atoms with E-state index in [1.54, 1.807) is 6.07 Å². The first-order chi connectivity index (χ1) is 8.79. The van der Waals surface area contributed by atoms with Gasteiger partial charge in [0, 0.05) is 17.3 Å².